The summed E-state index contributed by atoms with van der Waals surface area (Å²) in [6.45, 7) is -9.07. The van der Waals surface area contributed by atoms with Gasteiger partial charge in [-0.2, -0.15) is 0 Å². The van der Waals surface area contributed by atoms with Crippen LogP contribution in [0.2, 0.25) is 0 Å². The first-order valence-electron chi connectivity index (χ1n) is 20.3. The molecule has 0 aliphatic carbocycles. The van der Waals surface area contributed by atoms with E-state index in [4.69, 9.17) is 9.05 Å². The number of carbonyl (C=O) groups excluding carboxylic acids is 2. The quantitative estimate of drug-likeness (QED) is 0.115. The molecule has 0 atom stereocenters. The molecule has 0 aliphatic rings. The zero-order valence-electron chi connectivity index (χ0n) is 33.7. The average molecular weight is 845 g/mol. The van der Waals surface area contributed by atoms with Crippen LogP contribution in [0, 0.1) is 0 Å². The minimum absolute atomic E-state index is 0.274. The molecule has 0 spiro atoms. The molecule has 8 heteroatoms. The van der Waals surface area contributed by atoms with Crippen LogP contribution in [-0.4, -0.2) is 21.9 Å². The molecule has 0 amide bonds. The first-order chi connectivity index (χ1) is 30.5. The van der Waals surface area contributed by atoms with Crippen molar-refractivity contribution in [1.82, 2.24) is 9.97 Å². The Bertz CT molecular complexity index is 2400. The molecule has 0 aliphatic heterocycles. The number of benzene rings is 8. The van der Waals surface area contributed by atoms with Gasteiger partial charge in [-0.15, -0.1) is 0 Å². The summed E-state index contributed by atoms with van der Waals surface area (Å²) in [5.41, 5.74) is -0.548. The first-order valence-corrected chi connectivity index (χ1v) is 24.6. The van der Waals surface area contributed by atoms with Crippen molar-refractivity contribution >= 4 is 68.0 Å². The molecule has 0 saturated carbocycles. The maximum absolute atomic E-state index is 15.7. The predicted molar refractivity (Wildman–Crippen MR) is 255 cm³/mol. The topological polar surface area (TPSA) is 78.4 Å². The summed E-state index contributed by atoms with van der Waals surface area (Å²) in [5, 5.41) is 6.29. The van der Waals surface area contributed by atoms with E-state index in [1.165, 1.54) is 12.4 Å². The minimum atomic E-state index is -4.53. The van der Waals surface area contributed by atoms with Gasteiger partial charge in [0.05, 0.1) is 0 Å². The summed E-state index contributed by atoms with van der Waals surface area (Å²) in [6.07, 6.45) is 2.81. The van der Waals surface area contributed by atoms with E-state index in [0.29, 0.717) is 0 Å². The molecular formula is C54H42N2O4P2. The Balaban J connectivity index is 1.31. The van der Waals surface area contributed by atoms with Gasteiger partial charge in [-0.1, -0.05) is 0 Å². The van der Waals surface area contributed by atoms with Crippen LogP contribution >= 0.6 is 13.7 Å². The third kappa shape index (κ3) is 6.10. The molecule has 1 aromatic heterocycles. The Labute approximate surface area is 361 Å². The molecule has 0 N–H and O–H groups in total. The van der Waals surface area contributed by atoms with Crippen LogP contribution in [0.4, 0.5) is 0 Å². The monoisotopic (exact) mass is 844 g/mol. The van der Waals surface area contributed by atoms with Crippen molar-refractivity contribution in [2.24, 2.45) is 0 Å². The van der Waals surface area contributed by atoms with Crippen LogP contribution < -0.4 is 42.4 Å². The van der Waals surface area contributed by atoms with Gasteiger partial charge >= 0.3 is 363 Å². The summed E-state index contributed by atoms with van der Waals surface area (Å²) in [5.74, 6) is -1.66. The van der Waals surface area contributed by atoms with Gasteiger partial charge in [0, 0.05) is 0 Å². The molecule has 9 aromatic rings. The number of aromatic nitrogens is 2. The molecule has 62 heavy (non-hydrogen) atoms. The van der Waals surface area contributed by atoms with Crippen LogP contribution in [0.3, 0.4) is 0 Å². The average Bonchev–Trinajstić information content (AvgIpc) is 3.37. The van der Waals surface area contributed by atoms with Crippen molar-refractivity contribution in [3.8, 4) is 0 Å². The van der Waals surface area contributed by atoms with Gasteiger partial charge in [-0.3, -0.25) is 0 Å². The van der Waals surface area contributed by atoms with Crippen LogP contribution in [0.1, 0.15) is 21.0 Å². The fraction of sp³-hybridized carbons (Fsp3) is 0. The summed E-state index contributed by atoms with van der Waals surface area (Å²) < 4.78 is 14.9. The van der Waals surface area contributed by atoms with Gasteiger partial charge in [0.2, 0.25) is 0 Å². The summed E-state index contributed by atoms with van der Waals surface area (Å²) in [7, 11) is 0. The molecule has 1 heterocycles. The fourth-order valence-electron chi connectivity index (χ4n) is 8.97. The molecule has 0 fully saturated rings. The number of hydrogen-bond acceptors (Lipinski definition) is 6. The third-order valence-electron chi connectivity index (χ3n) is 11.6. The zero-order chi connectivity index (χ0) is 42.3. The molecule has 0 unspecified atom stereocenters. The van der Waals surface area contributed by atoms with Crippen molar-refractivity contribution in [2.45, 2.75) is 0 Å². The number of hydrogen-bond donors (Lipinski definition) is 0. The van der Waals surface area contributed by atoms with Crippen molar-refractivity contribution in [2.75, 3.05) is 0 Å². The van der Waals surface area contributed by atoms with Crippen molar-refractivity contribution in [3.63, 3.8) is 0 Å². The molecule has 8 aromatic carbocycles. The molecule has 302 valence electrons. The Morgan fingerprint density at radius 1 is 0.274 bits per heavy atom. The number of carbonyl (C=O) groups is 2. The molecular weight excluding hydrogens is 803 g/mol. The number of nitrogens with zero attached hydrogens (tertiary/aromatic N) is 2. The van der Waals surface area contributed by atoms with E-state index >= 15 is 9.59 Å². The van der Waals surface area contributed by atoms with Gasteiger partial charge < -0.3 is 0 Å². The second kappa shape index (κ2) is 16.6. The second-order valence-corrected chi connectivity index (χ2v) is 23.4. The standard InChI is InChI=1S/C54H42N2O4P2/c57-53(59-61(43-25-9-1-10-26-43,44-27-11-2-12-28-44,45-29-13-3-14-30-45)46-31-15-4-16-32-46)51-52(56-42-41-55-51)54(58)60-62(47-33-17-5-18-34-47,48-35-19-6-20-36-48,49-37-21-7-22-38-49)50-39-23-8-24-40-50/h1-42H. The third-order valence-corrected chi connectivity index (χ3v) is 22.9. The van der Waals surface area contributed by atoms with E-state index in [9.17, 15) is 0 Å². The summed E-state index contributed by atoms with van der Waals surface area (Å²) in [4.78, 5) is 40.7. The summed E-state index contributed by atoms with van der Waals surface area (Å²) >= 11 is 0. The fourth-order valence-corrected chi connectivity index (χ4v) is 20.2. The van der Waals surface area contributed by atoms with Gasteiger partial charge in [-0.25, -0.2) is 0 Å². The van der Waals surface area contributed by atoms with E-state index in [1.54, 1.807) is 0 Å². The Hall–Kier alpha value is -7.36. The molecule has 0 radical (unpaired) electrons. The first kappa shape index (κ1) is 40.1. The Morgan fingerprint density at radius 2 is 0.435 bits per heavy atom. The van der Waals surface area contributed by atoms with Crippen LogP contribution in [0.15, 0.2) is 255 Å². The Morgan fingerprint density at radius 3 is 0.597 bits per heavy atom. The van der Waals surface area contributed by atoms with Gasteiger partial charge in [0.15, 0.2) is 0 Å². The van der Waals surface area contributed by atoms with Crippen LogP contribution in [0.5, 0.6) is 0 Å². The van der Waals surface area contributed by atoms with Gasteiger partial charge in [-0.05, 0) is 0 Å². The molecule has 9 rings (SSSR count). The van der Waals surface area contributed by atoms with E-state index in [0.717, 1.165) is 42.4 Å². The van der Waals surface area contributed by atoms with Gasteiger partial charge in [0.1, 0.15) is 0 Å². The van der Waals surface area contributed by atoms with E-state index in [-0.39, 0.29) is 11.4 Å². The molecule has 0 saturated heterocycles. The van der Waals surface area contributed by atoms with Crippen molar-refractivity contribution in [3.05, 3.63) is 266 Å². The normalized spacial score (nSPS) is 12.7. The SMILES string of the molecule is O=C(OP(c1ccccc1)(c1ccccc1)(c1ccccc1)c1ccccc1)c1nccnc1C(=O)OP(c1ccccc1)(c1ccccc1)(c1ccccc1)c1ccccc1. The second-order valence-electron chi connectivity index (χ2n) is 14.8. The summed E-state index contributed by atoms with van der Waals surface area (Å²) in [6, 6.07) is 78.9. The maximum atomic E-state index is 15.7. The van der Waals surface area contributed by atoms with E-state index in [1.807, 2.05) is 243 Å². The van der Waals surface area contributed by atoms with Crippen molar-refractivity contribution < 1.29 is 18.6 Å². The van der Waals surface area contributed by atoms with E-state index < -0.39 is 25.6 Å². The van der Waals surface area contributed by atoms with Gasteiger partial charge in [0.25, 0.3) is 0 Å². The molecule has 6 nitrogen and oxygen atoms in total. The predicted octanol–water partition coefficient (Wildman–Crippen LogP) is 8.33. The van der Waals surface area contributed by atoms with Crippen molar-refractivity contribution in [1.29, 1.82) is 0 Å². The number of rotatable bonds is 12. The zero-order valence-corrected chi connectivity index (χ0v) is 35.5. The molecule has 0 bridgehead atoms. The van der Waals surface area contributed by atoms with E-state index in [2.05, 4.69) is 9.97 Å². The van der Waals surface area contributed by atoms with Crippen LogP contribution in [-0.2, 0) is 9.05 Å². The Kier molecular flexibility index (Phi) is 10.7. The van der Waals surface area contributed by atoms with Crippen LogP contribution in [0.25, 0.3) is 0 Å².